The molecule has 0 amide bonds. The van der Waals surface area contributed by atoms with Crippen LogP contribution in [0.25, 0.3) is 0 Å². The van der Waals surface area contributed by atoms with Crippen LogP contribution in [0.1, 0.15) is 20.3 Å². The van der Waals surface area contributed by atoms with Crippen LogP contribution in [-0.4, -0.2) is 45.2 Å². The Morgan fingerprint density at radius 3 is 2.33 bits per heavy atom. The van der Waals surface area contributed by atoms with Gasteiger partial charge in [0.15, 0.2) is 0 Å². The van der Waals surface area contributed by atoms with Gasteiger partial charge in [0.25, 0.3) is 0 Å². The first kappa shape index (κ1) is 18.5. The standard InChI is InChI=1S/C12H21F2O6P/c1-4-19-21(16,20-5-2)12(13,14)6-9-7-18-8-10(9)11(15)17-3/h9-10H,4-8H2,1-3H3/t9-,10-/m1/s1. The van der Waals surface area contributed by atoms with Crippen molar-refractivity contribution in [3.8, 4) is 0 Å². The van der Waals surface area contributed by atoms with Crippen molar-refractivity contribution in [1.29, 1.82) is 0 Å². The molecule has 1 aliphatic heterocycles. The number of carbonyl (C=O) groups excluding carboxylic acids is 1. The average Bonchev–Trinajstić information content (AvgIpc) is 2.85. The molecule has 0 spiro atoms. The minimum absolute atomic E-state index is 0.0149. The smallest absolute Gasteiger partial charge is 0.399 e. The van der Waals surface area contributed by atoms with Gasteiger partial charge in [-0.05, 0) is 13.8 Å². The summed E-state index contributed by atoms with van der Waals surface area (Å²) in [6.45, 7) is 2.59. The molecule has 1 rings (SSSR count). The topological polar surface area (TPSA) is 71.1 Å². The van der Waals surface area contributed by atoms with Gasteiger partial charge in [0, 0.05) is 12.3 Å². The summed E-state index contributed by atoms with van der Waals surface area (Å²) in [7, 11) is -3.40. The summed E-state index contributed by atoms with van der Waals surface area (Å²) in [6.07, 6.45) is -0.815. The van der Waals surface area contributed by atoms with Crippen molar-refractivity contribution in [1.82, 2.24) is 0 Å². The van der Waals surface area contributed by atoms with Crippen molar-refractivity contribution < 1.29 is 36.7 Å². The number of alkyl halides is 2. The predicted molar refractivity (Wildman–Crippen MR) is 70.2 cm³/mol. The van der Waals surface area contributed by atoms with E-state index in [0.717, 1.165) is 0 Å². The van der Waals surface area contributed by atoms with Crippen LogP contribution >= 0.6 is 7.60 Å². The number of hydrogen-bond acceptors (Lipinski definition) is 6. The lowest BCUT2D eigenvalue weighted by molar-refractivity contribution is -0.147. The Balaban J connectivity index is 2.86. The van der Waals surface area contributed by atoms with E-state index in [0.29, 0.717) is 0 Å². The van der Waals surface area contributed by atoms with Gasteiger partial charge in [0.1, 0.15) is 0 Å². The second-order valence-corrected chi connectivity index (χ2v) is 6.80. The van der Waals surface area contributed by atoms with Crippen LogP contribution < -0.4 is 0 Å². The number of esters is 1. The summed E-state index contributed by atoms with van der Waals surface area (Å²) >= 11 is 0. The molecule has 0 aromatic heterocycles. The molecule has 6 nitrogen and oxygen atoms in total. The van der Waals surface area contributed by atoms with Gasteiger partial charge in [0.2, 0.25) is 0 Å². The van der Waals surface area contributed by atoms with Crippen LogP contribution in [0.15, 0.2) is 0 Å². The largest absolute Gasteiger partial charge is 0.469 e. The molecule has 0 bridgehead atoms. The van der Waals surface area contributed by atoms with Crippen LogP contribution in [0.2, 0.25) is 0 Å². The van der Waals surface area contributed by atoms with Gasteiger partial charge in [0.05, 0.1) is 39.5 Å². The molecule has 0 aliphatic carbocycles. The maximum atomic E-state index is 14.3. The van der Waals surface area contributed by atoms with Gasteiger partial charge < -0.3 is 18.5 Å². The van der Waals surface area contributed by atoms with Gasteiger partial charge >= 0.3 is 19.2 Å². The fraction of sp³-hybridized carbons (Fsp3) is 0.917. The number of methoxy groups -OCH3 is 1. The molecule has 0 radical (unpaired) electrons. The van der Waals surface area contributed by atoms with Crippen LogP contribution in [0.3, 0.4) is 0 Å². The Kier molecular flexibility index (Phi) is 6.71. The van der Waals surface area contributed by atoms with Crippen molar-refractivity contribution in [3.05, 3.63) is 0 Å². The van der Waals surface area contributed by atoms with Crippen molar-refractivity contribution in [2.45, 2.75) is 25.9 Å². The fourth-order valence-electron chi connectivity index (χ4n) is 2.20. The van der Waals surface area contributed by atoms with Gasteiger partial charge in [-0.1, -0.05) is 0 Å². The van der Waals surface area contributed by atoms with Gasteiger partial charge in [-0.15, -0.1) is 0 Å². The molecule has 1 aliphatic rings. The van der Waals surface area contributed by atoms with E-state index < -0.39 is 37.5 Å². The monoisotopic (exact) mass is 330 g/mol. The second kappa shape index (κ2) is 7.63. The third-order valence-corrected chi connectivity index (χ3v) is 5.39. The minimum Gasteiger partial charge on any atom is -0.469 e. The highest BCUT2D eigenvalue weighted by Gasteiger charge is 2.56. The van der Waals surface area contributed by atoms with E-state index in [4.69, 9.17) is 13.8 Å². The second-order valence-electron chi connectivity index (χ2n) is 4.63. The first-order valence-electron chi connectivity index (χ1n) is 6.74. The number of hydrogen-bond donors (Lipinski definition) is 0. The Hall–Kier alpha value is -0.560. The molecular formula is C12H21F2O6P. The molecule has 21 heavy (non-hydrogen) atoms. The number of carbonyl (C=O) groups is 1. The predicted octanol–water partition coefficient (Wildman–Crippen LogP) is 2.67. The maximum Gasteiger partial charge on any atom is 0.399 e. The van der Waals surface area contributed by atoms with E-state index in [-0.39, 0.29) is 26.4 Å². The van der Waals surface area contributed by atoms with E-state index in [1.54, 1.807) is 0 Å². The zero-order chi connectivity index (χ0) is 16.1. The SMILES string of the molecule is CCOP(=O)(OCC)C(F)(F)C[C@@H]1COC[C@H]1C(=O)OC. The Bertz CT molecular complexity index is 393. The summed E-state index contributed by atoms with van der Waals surface area (Å²) in [5.41, 5.74) is -3.69. The molecule has 1 fully saturated rings. The van der Waals surface area contributed by atoms with Crippen LogP contribution in [0, 0.1) is 11.8 Å². The molecular weight excluding hydrogens is 309 g/mol. The van der Waals surface area contributed by atoms with Crippen molar-refractivity contribution in [2.24, 2.45) is 11.8 Å². The minimum atomic E-state index is -4.58. The number of rotatable bonds is 8. The molecule has 0 aromatic rings. The van der Waals surface area contributed by atoms with Crippen molar-refractivity contribution in [2.75, 3.05) is 33.5 Å². The quantitative estimate of drug-likeness (QED) is 0.503. The number of halogens is 2. The molecule has 1 saturated heterocycles. The van der Waals surface area contributed by atoms with E-state index in [2.05, 4.69) is 4.74 Å². The van der Waals surface area contributed by atoms with Crippen LogP contribution in [0.5, 0.6) is 0 Å². The zero-order valence-electron chi connectivity index (χ0n) is 12.3. The Morgan fingerprint density at radius 2 is 1.86 bits per heavy atom. The lowest BCUT2D eigenvalue weighted by atomic mass is 9.93. The molecule has 0 aromatic carbocycles. The third-order valence-electron chi connectivity index (χ3n) is 3.21. The summed E-state index contributed by atoms with van der Waals surface area (Å²) in [6, 6.07) is 0. The van der Waals surface area contributed by atoms with Crippen molar-refractivity contribution in [3.63, 3.8) is 0 Å². The molecule has 2 atom stereocenters. The Morgan fingerprint density at radius 1 is 1.29 bits per heavy atom. The summed E-state index contributed by atoms with van der Waals surface area (Å²) in [5, 5.41) is 0. The molecule has 9 heteroatoms. The van der Waals surface area contributed by atoms with E-state index in [1.807, 2.05) is 0 Å². The first-order valence-corrected chi connectivity index (χ1v) is 8.28. The summed E-state index contributed by atoms with van der Waals surface area (Å²) in [4.78, 5) is 11.5. The number of ether oxygens (including phenoxy) is 2. The van der Waals surface area contributed by atoms with Crippen LogP contribution in [-0.2, 0) is 27.9 Å². The van der Waals surface area contributed by atoms with E-state index in [9.17, 15) is 18.1 Å². The van der Waals surface area contributed by atoms with Gasteiger partial charge in [-0.25, -0.2) is 0 Å². The molecule has 124 valence electrons. The fourth-order valence-corrected chi connectivity index (χ4v) is 3.80. The normalized spacial score (nSPS) is 23.3. The first-order chi connectivity index (χ1) is 9.81. The van der Waals surface area contributed by atoms with Gasteiger partial charge in [-0.2, -0.15) is 8.78 Å². The highest BCUT2D eigenvalue weighted by Crippen LogP contribution is 2.64. The van der Waals surface area contributed by atoms with E-state index >= 15 is 0 Å². The highest BCUT2D eigenvalue weighted by molar-refractivity contribution is 7.55. The zero-order valence-corrected chi connectivity index (χ0v) is 13.2. The summed E-state index contributed by atoms with van der Waals surface area (Å²) in [5.74, 6) is -2.20. The molecule has 0 saturated carbocycles. The lowest BCUT2D eigenvalue weighted by Gasteiger charge is -2.28. The molecule has 0 unspecified atom stereocenters. The average molecular weight is 330 g/mol. The van der Waals surface area contributed by atoms with Crippen LogP contribution in [0.4, 0.5) is 8.78 Å². The lowest BCUT2D eigenvalue weighted by Crippen LogP contribution is -2.30. The molecule has 0 N–H and O–H groups in total. The highest BCUT2D eigenvalue weighted by atomic mass is 31.2. The maximum absolute atomic E-state index is 14.3. The molecule has 1 heterocycles. The van der Waals surface area contributed by atoms with E-state index in [1.165, 1.54) is 21.0 Å². The summed E-state index contributed by atoms with van der Waals surface area (Å²) < 4.78 is 59.9. The third kappa shape index (κ3) is 4.22. The Labute approximate surface area is 122 Å². The van der Waals surface area contributed by atoms with Gasteiger partial charge in [-0.3, -0.25) is 9.36 Å². The van der Waals surface area contributed by atoms with Crippen molar-refractivity contribution >= 4 is 13.6 Å².